The van der Waals surface area contributed by atoms with Crippen molar-refractivity contribution in [3.05, 3.63) is 53.6 Å². The number of hydrogen-bond acceptors (Lipinski definition) is 4. The van der Waals surface area contributed by atoms with Crippen LogP contribution in [0.25, 0.3) is 0 Å². The molecule has 1 N–H and O–H groups in total. The van der Waals surface area contributed by atoms with Crippen LogP contribution < -0.4 is 14.8 Å². The first-order valence-corrected chi connectivity index (χ1v) is 8.81. The lowest BCUT2D eigenvalue weighted by atomic mass is 10.1. The first-order valence-electron chi connectivity index (χ1n) is 8.81. The number of ether oxygens (including phenoxy) is 2. The van der Waals surface area contributed by atoms with Gasteiger partial charge in [0.2, 0.25) is 11.8 Å². The second kappa shape index (κ2) is 9.62. The fourth-order valence-electron chi connectivity index (χ4n) is 2.74. The average molecular weight is 370 g/mol. The third-order valence-electron chi connectivity index (χ3n) is 4.28. The van der Waals surface area contributed by atoms with Gasteiger partial charge in [0.25, 0.3) is 0 Å². The van der Waals surface area contributed by atoms with Crippen molar-refractivity contribution in [1.82, 2.24) is 4.90 Å². The molecule has 0 aliphatic rings. The van der Waals surface area contributed by atoms with Gasteiger partial charge in [-0.2, -0.15) is 0 Å². The van der Waals surface area contributed by atoms with Crippen LogP contribution in [0, 0.1) is 0 Å². The summed E-state index contributed by atoms with van der Waals surface area (Å²) >= 11 is 0. The lowest BCUT2D eigenvalue weighted by Crippen LogP contribution is -2.36. The van der Waals surface area contributed by atoms with Crippen LogP contribution in [-0.2, 0) is 22.4 Å². The smallest absolute Gasteiger partial charge is 0.243 e. The lowest BCUT2D eigenvalue weighted by molar-refractivity contribution is -0.132. The molecule has 0 aliphatic carbocycles. The Bertz CT molecular complexity index is 805. The van der Waals surface area contributed by atoms with E-state index in [-0.39, 0.29) is 24.8 Å². The van der Waals surface area contributed by atoms with Gasteiger partial charge in [-0.3, -0.25) is 9.59 Å². The molecule has 0 aromatic heterocycles. The first kappa shape index (κ1) is 20.3. The Hall–Kier alpha value is -3.02. The number of aryl methyl sites for hydroxylation is 1. The molecular weight excluding hydrogens is 344 g/mol. The zero-order valence-electron chi connectivity index (χ0n) is 16.2. The van der Waals surface area contributed by atoms with Crippen LogP contribution in [0.3, 0.4) is 0 Å². The number of nitrogens with one attached hydrogen (secondary N) is 1. The summed E-state index contributed by atoms with van der Waals surface area (Å²) in [5.74, 6) is 0.801. The van der Waals surface area contributed by atoms with Gasteiger partial charge in [-0.15, -0.1) is 0 Å². The van der Waals surface area contributed by atoms with E-state index in [4.69, 9.17) is 9.47 Å². The Balaban J connectivity index is 1.96. The largest absolute Gasteiger partial charge is 0.493 e. The average Bonchev–Trinajstić information content (AvgIpc) is 2.68. The van der Waals surface area contributed by atoms with E-state index in [0.717, 1.165) is 23.2 Å². The summed E-state index contributed by atoms with van der Waals surface area (Å²) in [6, 6.07) is 13.0. The maximum Gasteiger partial charge on any atom is 0.243 e. The highest BCUT2D eigenvalue weighted by atomic mass is 16.5. The minimum Gasteiger partial charge on any atom is -0.493 e. The Morgan fingerprint density at radius 3 is 2.41 bits per heavy atom. The standard InChI is InChI=1S/C21H26N2O4/c1-5-16-8-6-7-9-17(16)22-20(24)14-23(2)21(25)13-15-10-11-18(26-3)19(12-15)27-4/h6-12H,5,13-14H2,1-4H3,(H,22,24). The third kappa shape index (κ3) is 5.48. The number of methoxy groups -OCH3 is 2. The van der Waals surface area contributed by atoms with Gasteiger partial charge < -0.3 is 19.7 Å². The summed E-state index contributed by atoms with van der Waals surface area (Å²) in [5.41, 5.74) is 2.64. The zero-order valence-corrected chi connectivity index (χ0v) is 16.2. The van der Waals surface area contributed by atoms with Crippen LogP contribution in [0.2, 0.25) is 0 Å². The summed E-state index contributed by atoms with van der Waals surface area (Å²) in [6.07, 6.45) is 1.00. The summed E-state index contributed by atoms with van der Waals surface area (Å²) in [4.78, 5) is 26.2. The molecule has 2 amide bonds. The van der Waals surface area contributed by atoms with E-state index in [9.17, 15) is 9.59 Å². The molecule has 0 fully saturated rings. The SMILES string of the molecule is CCc1ccccc1NC(=O)CN(C)C(=O)Cc1ccc(OC)c(OC)c1. The first-order chi connectivity index (χ1) is 13.0. The summed E-state index contributed by atoms with van der Waals surface area (Å²) < 4.78 is 10.5. The number of hydrogen-bond donors (Lipinski definition) is 1. The summed E-state index contributed by atoms with van der Waals surface area (Å²) in [5, 5.41) is 2.88. The third-order valence-corrected chi connectivity index (χ3v) is 4.28. The molecule has 0 saturated carbocycles. The molecule has 2 rings (SSSR count). The Kier molecular flexibility index (Phi) is 7.23. The normalized spacial score (nSPS) is 10.2. The van der Waals surface area contributed by atoms with Crippen molar-refractivity contribution in [2.75, 3.05) is 33.1 Å². The molecule has 2 aromatic carbocycles. The zero-order chi connectivity index (χ0) is 19.8. The number of likely N-dealkylation sites (N-methyl/N-ethyl adjacent to an activating group) is 1. The van der Waals surface area contributed by atoms with Crippen LogP contribution >= 0.6 is 0 Å². The number of benzene rings is 2. The molecule has 144 valence electrons. The van der Waals surface area contributed by atoms with Gasteiger partial charge in [0.05, 0.1) is 27.2 Å². The number of nitrogens with zero attached hydrogens (tertiary/aromatic N) is 1. The van der Waals surface area contributed by atoms with E-state index < -0.39 is 0 Å². The second-order valence-corrected chi connectivity index (χ2v) is 6.17. The van der Waals surface area contributed by atoms with Crippen LogP contribution in [0.15, 0.2) is 42.5 Å². The molecule has 0 atom stereocenters. The van der Waals surface area contributed by atoms with Crippen molar-refractivity contribution < 1.29 is 19.1 Å². The molecule has 6 nitrogen and oxygen atoms in total. The fourth-order valence-corrected chi connectivity index (χ4v) is 2.74. The van der Waals surface area contributed by atoms with Gasteiger partial charge in [-0.1, -0.05) is 31.2 Å². The number of carbonyl (C=O) groups is 2. The summed E-state index contributed by atoms with van der Waals surface area (Å²) in [6.45, 7) is 2.02. The molecule has 0 spiro atoms. The maximum atomic E-state index is 12.5. The highest BCUT2D eigenvalue weighted by Gasteiger charge is 2.15. The number of rotatable bonds is 8. The molecular formula is C21H26N2O4. The van der Waals surface area contributed by atoms with Gasteiger partial charge in [-0.05, 0) is 35.7 Å². The second-order valence-electron chi connectivity index (χ2n) is 6.17. The van der Waals surface area contributed by atoms with E-state index in [2.05, 4.69) is 5.32 Å². The quantitative estimate of drug-likeness (QED) is 0.776. The molecule has 0 bridgehead atoms. The van der Waals surface area contributed by atoms with Crippen LogP contribution in [0.1, 0.15) is 18.1 Å². The molecule has 6 heteroatoms. The molecule has 0 heterocycles. The van der Waals surface area contributed by atoms with Crippen LogP contribution in [0.5, 0.6) is 11.5 Å². The molecule has 0 unspecified atom stereocenters. The summed E-state index contributed by atoms with van der Waals surface area (Å²) in [7, 11) is 4.73. The molecule has 0 aliphatic heterocycles. The van der Waals surface area contributed by atoms with Gasteiger partial charge >= 0.3 is 0 Å². The number of carbonyl (C=O) groups excluding carboxylic acids is 2. The molecule has 0 saturated heterocycles. The fraction of sp³-hybridized carbons (Fsp3) is 0.333. The van der Waals surface area contributed by atoms with Crippen molar-refractivity contribution in [3.63, 3.8) is 0 Å². The van der Waals surface area contributed by atoms with E-state index in [1.54, 1.807) is 33.4 Å². The minimum atomic E-state index is -0.223. The van der Waals surface area contributed by atoms with E-state index in [0.29, 0.717) is 11.5 Å². The lowest BCUT2D eigenvalue weighted by Gasteiger charge is -2.18. The number of para-hydroxylation sites is 1. The van der Waals surface area contributed by atoms with E-state index in [1.807, 2.05) is 37.3 Å². The van der Waals surface area contributed by atoms with Gasteiger partial charge in [0.15, 0.2) is 11.5 Å². The van der Waals surface area contributed by atoms with Crippen LogP contribution in [-0.4, -0.2) is 44.5 Å². The highest BCUT2D eigenvalue weighted by Crippen LogP contribution is 2.27. The van der Waals surface area contributed by atoms with Gasteiger partial charge in [0, 0.05) is 12.7 Å². The Morgan fingerprint density at radius 2 is 1.74 bits per heavy atom. The predicted molar refractivity (Wildman–Crippen MR) is 105 cm³/mol. The molecule has 0 radical (unpaired) electrons. The van der Waals surface area contributed by atoms with Crippen molar-refractivity contribution in [2.24, 2.45) is 0 Å². The van der Waals surface area contributed by atoms with Gasteiger partial charge in [-0.25, -0.2) is 0 Å². The van der Waals surface area contributed by atoms with Crippen molar-refractivity contribution in [2.45, 2.75) is 19.8 Å². The van der Waals surface area contributed by atoms with Crippen molar-refractivity contribution in [1.29, 1.82) is 0 Å². The Morgan fingerprint density at radius 1 is 1.04 bits per heavy atom. The number of anilines is 1. The minimum absolute atomic E-state index is 0.00975. The Labute approximate surface area is 160 Å². The predicted octanol–water partition coefficient (Wildman–Crippen LogP) is 2.91. The van der Waals surface area contributed by atoms with Crippen molar-refractivity contribution >= 4 is 17.5 Å². The van der Waals surface area contributed by atoms with Crippen molar-refractivity contribution in [3.8, 4) is 11.5 Å². The van der Waals surface area contributed by atoms with E-state index in [1.165, 1.54) is 4.90 Å². The van der Waals surface area contributed by atoms with Gasteiger partial charge in [0.1, 0.15) is 0 Å². The number of amides is 2. The van der Waals surface area contributed by atoms with E-state index >= 15 is 0 Å². The highest BCUT2D eigenvalue weighted by molar-refractivity contribution is 5.95. The monoisotopic (exact) mass is 370 g/mol. The topological polar surface area (TPSA) is 67.9 Å². The molecule has 27 heavy (non-hydrogen) atoms. The molecule has 2 aromatic rings. The maximum absolute atomic E-state index is 12.5. The van der Waals surface area contributed by atoms with Crippen LogP contribution in [0.4, 0.5) is 5.69 Å².